The maximum atomic E-state index is 13.5. The molecule has 0 spiro atoms. The molecule has 0 fully saturated rings. The molecule has 0 saturated heterocycles. The lowest BCUT2D eigenvalue weighted by atomic mass is 10.1. The van der Waals surface area contributed by atoms with Crippen molar-refractivity contribution < 1.29 is 28.3 Å². The highest BCUT2D eigenvalue weighted by Gasteiger charge is 2.17. The van der Waals surface area contributed by atoms with Crippen molar-refractivity contribution in [1.82, 2.24) is 5.32 Å². The summed E-state index contributed by atoms with van der Waals surface area (Å²) in [5, 5.41) is 8.39. The number of rotatable bonds is 12. The van der Waals surface area contributed by atoms with E-state index in [1.54, 1.807) is 93.1 Å². The third kappa shape index (κ3) is 8.25. The largest absolute Gasteiger partial charge is 0.496 e. The Morgan fingerprint density at radius 3 is 2.15 bits per heavy atom. The second kappa shape index (κ2) is 15.3. The van der Waals surface area contributed by atoms with Crippen molar-refractivity contribution in [2.45, 2.75) is 4.90 Å². The molecule has 0 bridgehead atoms. The normalized spacial score (nSPS) is 11.0. The van der Waals surface area contributed by atoms with Gasteiger partial charge in [0.25, 0.3) is 11.8 Å². The molecule has 5 rings (SSSR count). The lowest BCUT2D eigenvalue weighted by molar-refractivity contribution is -0.114. The van der Waals surface area contributed by atoms with Gasteiger partial charge in [-0.2, -0.15) is 0 Å². The molecule has 0 radical (unpaired) electrons. The number of carbonyl (C=O) groups excluding carboxylic acids is 3. The first-order chi connectivity index (χ1) is 22.4. The van der Waals surface area contributed by atoms with Gasteiger partial charge < -0.3 is 29.8 Å². The third-order valence-corrected chi connectivity index (χ3v) is 7.69. The molecule has 0 atom stereocenters. The highest BCUT2D eigenvalue weighted by molar-refractivity contribution is 8.00. The average molecular weight is 634 g/mol. The van der Waals surface area contributed by atoms with Gasteiger partial charge in [-0.25, -0.2) is 0 Å². The van der Waals surface area contributed by atoms with Gasteiger partial charge in [-0.05, 0) is 72.8 Å². The molecular weight excluding hydrogens is 602 g/mol. The maximum absolute atomic E-state index is 13.5. The van der Waals surface area contributed by atoms with Crippen LogP contribution in [0.2, 0.25) is 0 Å². The van der Waals surface area contributed by atoms with E-state index in [-0.39, 0.29) is 17.4 Å². The van der Waals surface area contributed by atoms with E-state index in [0.717, 1.165) is 10.5 Å². The van der Waals surface area contributed by atoms with Crippen LogP contribution >= 0.6 is 11.8 Å². The van der Waals surface area contributed by atoms with Crippen LogP contribution < -0.4 is 25.4 Å². The number of hydrogen-bond donors (Lipinski definition) is 3. The minimum atomic E-state index is -0.545. The molecule has 3 amide bonds. The van der Waals surface area contributed by atoms with Crippen LogP contribution in [0.15, 0.2) is 130 Å². The van der Waals surface area contributed by atoms with Gasteiger partial charge >= 0.3 is 0 Å². The molecule has 232 valence electrons. The van der Waals surface area contributed by atoms with Crippen LogP contribution in [0.3, 0.4) is 0 Å². The molecule has 0 unspecified atom stereocenters. The van der Waals surface area contributed by atoms with Crippen molar-refractivity contribution in [1.29, 1.82) is 0 Å². The Kier molecular flexibility index (Phi) is 10.5. The van der Waals surface area contributed by atoms with Gasteiger partial charge in [0.15, 0.2) is 0 Å². The smallest absolute Gasteiger partial charge is 0.272 e. The van der Waals surface area contributed by atoms with Crippen LogP contribution in [0.1, 0.15) is 16.1 Å². The van der Waals surface area contributed by atoms with E-state index in [1.807, 2.05) is 36.4 Å². The highest BCUT2D eigenvalue weighted by atomic mass is 32.2. The van der Waals surface area contributed by atoms with E-state index in [4.69, 9.17) is 13.9 Å². The summed E-state index contributed by atoms with van der Waals surface area (Å²) in [7, 11) is 3.13. The van der Waals surface area contributed by atoms with Gasteiger partial charge in [0.2, 0.25) is 5.91 Å². The van der Waals surface area contributed by atoms with Crippen molar-refractivity contribution in [2.75, 3.05) is 30.6 Å². The minimum Gasteiger partial charge on any atom is -0.496 e. The Hall–Kier alpha value is -5.74. The molecule has 9 nitrogen and oxygen atoms in total. The number of para-hydroxylation sites is 3. The van der Waals surface area contributed by atoms with Gasteiger partial charge in [0.05, 0.1) is 31.2 Å². The summed E-state index contributed by atoms with van der Waals surface area (Å²) in [6, 6.07) is 33.7. The summed E-state index contributed by atoms with van der Waals surface area (Å²) in [6.45, 7) is 0. The fraction of sp³-hybridized carbons (Fsp3) is 0.0833. The molecule has 0 aliphatic carbocycles. The fourth-order valence-electron chi connectivity index (χ4n) is 4.42. The first-order valence-corrected chi connectivity index (χ1v) is 15.2. The summed E-state index contributed by atoms with van der Waals surface area (Å²) in [6.07, 6.45) is 1.47. The Morgan fingerprint density at radius 1 is 0.739 bits per heavy atom. The predicted octanol–water partition coefficient (Wildman–Crippen LogP) is 7.10. The minimum absolute atomic E-state index is 0.0127. The molecule has 0 aliphatic heterocycles. The van der Waals surface area contributed by atoms with E-state index in [1.165, 1.54) is 17.8 Å². The third-order valence-electron chi connectivity index (χ3n) is 6.68. The molecule has 0 aliphatic rings. The van der Waals surface area contributed by atoms with E-state index in [9.17, 15) is 14.4 Å². The number of thioether (sulfide) groups is 1. The Morgan fingerprint density at radius 2 is 1.41 bits per heavy atom. The van der Waals surface area contributed by atoms with Crippen LogP contribution in [-0.2, 0) is 9.59 Å². The average Bonchev–Trinajstić information content (AvgIpc) is 3.56. The van der Waals surface area contributed by atoms with Gasteiger partial charge in [0.1, 0.15) is 28.7 Å². The number of hydrogen-bond acceptors (Lipinski definition) is 7. The number of methoxy groups -OCH3 is 2. The number of carbonyl (C=O) groups is 3. The summed E-state index contributed by atoms with van der Waals surface area (Å²) in [5.74, 6) is 1.14. The van der Waals surface area contributed by atoms with Gasteiger partial charge in [-0.3, -0.25) is 14.4 Å². The number of amides is 3. The first kappa shape index (κ1) is 31.7. The topological polar surface area (TPSA) is 119 Å². The summed E-state index contributed by atoms with van der Waals surface area (Å²) < 4.78 is 16.7. The quantitative estimate of drug-likeness (QED) is 0.0990. The zero-order chi connectivity index (χ0) is 32.3. The molecule has 46 heavy (non-hydrogen) atoms. The fourth-order valence-corrected chi connectivity index (χ4v) is 5.12. The van der Waals surface area contributed by atoms with E-state index < -0.39 is 11.8 Å². The zero-order valence-electron chi connectivity index (χ0n) is 25.1. The lowest BCUT2D eigenvalue weighted by Gasteiger charge is -2.12. The van der Waals surface area contributed by atoms with Gasteiger partial charge in [0, 0.05) is 22.2 Å². The van der Waals surface area contributed by atoms with Crippen LogP contribution in [-0.4, -0.2) is 37.7 Å². The summed E-state index contributed by atoms with van der Waals surface area (Å²) >= 11 is 1.35. The SMILES string of the molecule is COc1ccccc1NC(=O)CSc1ccc(NC(=O)/C(=C/c2ccc(-c3ccccc3OC)o2)NC(=O)c2ccccc2)cc1. The number of anilines is 2. The summed E-state index contributed by atoms with van der Waals surface area (Å²) in [5.41, 5.74) is 2.23. The number of nitrogens with one attached hydrogen (secondary N) is 3. The van der Waals surface area contributed by atoms with Crippen molar-refractivity contribution in [3.63, 3.8) is 0 Å². The molecule has 1 aromatic heterocycles. The number of benzene rings is 4. The first-order valence-electron chi connectivity index (χ1n) is 14.2. The molecule has 0 saturated carbocycles. The Labute approximate surface area is 270 Å². The van der Waals surface area contributed by atoms with Crippen molar-refractivity contribution in [2.24, 2.45) is 0 Å². The van der Waals surface area contributed by atoms with E-state index >= 15 is 0 Å². The molecule has 1 heterocycles. The summed E-state index contributed by atoms with van der Waals surface area (Å²) in [4.78, 5) is 39.8. The molecular formula is C36H31N3O6S. The monoisotopic (exact) mass is 633 g/mol. The standard InChI is InChI=1S/C36H31N3O6S/c1-43-31-14-8-6-12-28(31)32-21-18-26(45-32)22-30(39-35(41)24-10-4-3-5-11-24)36(42)37-25-16-19-27(20-17-25)46-23-34(40)38-29-13-7-9-15-33(29)44-2/h3-22H,23H2,1-2H3,(H,37,42)(H,38,40)(H,39,41)/b30-22-. The predicted molar refractivity (Wildman–Crippen MR) is 180 cm³/mol. The van der Waals surface area contributed by atoms with Gasteiger partial charge in [-0.1, -0.05) is 42.5 Å². The number of furan rings is 1. The Balaban J connectivity index is 1.28. The number of ether oxygens (including phenoxy) is 2. The van der Waals surface area contributed by atoms with Crippen LogP contribution in [0.5, 0.6) is 11.5 Å². The molecule has 4 aromatic carbocycles. The van der Waals surface area contributed by atoms with E-state index in [0.29, 0.717) is 40.0 Å². The van der Waals surface area contributed by atoms with Crippen LogP contribution in [0, 0.1) is 0 Å². The second-order valence-electron chi connectivity index (χ2n) is 9.80. The van der Waals surface area contributed by atoms with Crippen molar-refractivity contribution in [3.05, 3.63) is 132 Å². The lowest BCUT2D eigenvalue weighted by Crippen LogP contribution is -2.30. The Bertz CT molecular complexity index is 1850. The van der Waals surface area contributed by atoms with E-state index in [2.05, 4.69) is 16.0 Å². The zero-order valence-corrected chi connectivity index (χ0v) is 25.9. The maximum Gasteiger partial charge on any atom is 0.272 e. The van der Waals surface area contributed by atoms with Gasteiger partial charge in [-0.15, -0.1) is 11.8 Å². The highest BCUT2D eigenvalue weighted by Crippen LogP contribution is 2.31. The van der Waals surface area contributed by atoms with Crippen molar-refractivity contribution in [3.8, 4) is 22.8 Å². The van der Waals surface area contributed by atoms with Crippen LogP contribution in [0.4, 0.5) is 11.4 Å². The molecule has 10 heteroatoms. The van der Waals surface area contributed by atoms with Crippen LogP contribution in [0.25, 0.3) is 17.4 Å². The van der Waals surface area contributed by atoms with Crippen molar-refractivity contribution >= 4 is 46.9 Å². The molecule has 3 N–H and O–H groups in total. The molecule has 5 aromatic rings. The second-order valence-corrected chi connectivity index (χ2v) is 10.8.